The van der Waals surface area contributed by atoms with Gasteiger partial charge in [0.05, 0.1) is 11.5 Å². The highest BCUT2D eigenvalue weighted by Crippen LogP contribution is 2.10. The average molecular weight is 159 g/mol. The predicted molar refractivity (Wildman–Crippen MR) is 46.1 cm³/mol. The normalized spacial score (nSPS) is 10.4. The molecule has 0 amide bonds. The molecule has 0 spiro atoms. The van der Waals surface area contributed by atoms with E-state index >= 15 is 0 Å². The summed E-state index contributed by atoms with van der Waals surface area (Å²) in [5.41, 5.74) is 1.55. The molecule has 0 aliphatic carbocycles. The average Bonchev–Trinajstić information content (AvgIpc) is 2.07. The van der Waals surface area contributed by atoms with Gasteiger partial charge >= 0.3 is 0 Å². The number of fused-ring (bicyclic) bond motifs is 1. The summed E-state index contributed by atoms with van der Waals surface area (Å²) < 4.78 is 5.09. The third kappa shape index (κ3) is 1.01. The minimum atomic E-state index is -0.111. The molecule has 0 aliphatic rings. The van der Waals surface area contributed by atoms with E-state index in [-0.39, 0.29) is 5.43 Å². The molecular weight excluding hydrogens is 152 g/mol. The minimum Gasteiger partial charge on any atom is -0.463 e. The van der Waals surface area contributed by atoms with Crippen LogP contribution in [0.15, 0.2) is 33.7 Å². The van der Waals surface area contributed by atoms with Gasteiger partial charge in [-0.05, 0) is 19.1 Å². The molecule has 0 fully saturated rings. The summed E-state index contributed by atoms with van der Waals surface area (Å²) in [6.07, 6.45) is 1.29. The number of hydrogen-bond donors (Lipinski definition) is 0. The smallest absolute Gasteiger partial charge is 0.200 e. The Balaban J connectivity index is 2.98. The molecule has 1 aromatic heterocycles. The van der Waals surface area contributed by atoms with Crippen LogP contribution in [0, 0.1) is 13.0 Å². The highest BCUT2D eigenvalue weighted by atomic mass is 16.3. The maximum absolute atomic E-state index is 11.2. The second-order valence-corrected chi connectivity index (χ2v) is 2.71. The Bertz CT molecular complexity index is 468. The van der Waals surface area contributed by atoms with Crippen LogP contribution >= 0.6 is 0 Å². The molecule has 1 radical (unpaired) electrons. The van der Waals surface area contributed by atoms with Crippen LogP contribution in [-0.4, -0.2) is 0 Å². The lowest BCUT2D eigenvalue weighted by Crippen LogP contribution is -1.98. The standard InChI is InChI=1S/C10H7O2/c1-7-2-3-10-8(6-7)9(11)4-5-12-10/h2-3,5-6H,1H3. The summed E-state index contributed by atoms with van der Waals surface area (Å²) in [5, 5.41) is 0.595. The Morgan fingerprint density at radius 3 is 3.08 bits per heavy atom. The van der Waals surface area contributed by atoms with Crippen LogP contribution in [0.25, 0.3) is 11.0 Å². The van der Waals surface area contributed by atoms with E-state index in [0.717, 1.165) is 5.56 Å². The summed E-state index contributed by atoms with van der Waals surface area (Å²) in [7, 11) is 0. The molecule has 0 saturated heterocycles. The molecule has 1 aromatic carbocycles. The monoisotopic (exact) mass is 159 g/mol. The quantitative estimate of drug-likeness (QED) is 0.587. The van der Waals surface area contributed by atoms with Crippen molar-refractivity contribution in [2.45, 2.75) is 6.92 Å². The van der Waals surface area contributed by atoms with E-state index in [1.807, 2.05) is 13.0 Å². The van der Waals surface area contributed by atoms with Gasteiger partial charge in [0.2, 0.25) is 5.43 Å². The Kier molecular flexibility index (Phi) is 1.47. The van der Waals surface area contributed by atoms with Crippen LogP contribution in [0.1, 0.15) is 5.56 Å². The van der Waals surface area contributed by atoms with Gasteiger partial charge in [-0.1, -0.05) is 11.6 Å². The van der Waals surface area contributed by atoms with Crippen LogP contribution in [0.4, 0.5) is 0 Å². The Morgan fingerprint density at radius 1 is 1.42 bits per heavy atom. The van der Waals surface area contributed by atoms with Gasteiger partial charge in [0.1, 0.15) is 11.8 Å². The van der Waals surface area contributed by atoms with E-state index in [1.54, 1.807) is 12.1 Å². The molecule has 59 valence electrons. The maximum Gasteiger partial charge on any atom is 0.200 e. The molecule has 12 heavy (non-hydrogen) atoms. The number of hydrogen-bond acceptors (Lipinski definition) is 2. The SMILES string of the molecule is Cc1ccc2oc[c]c(=O)c2c1. The molecule has 2 rings (SSSR count). The maximum atomic E-state index is 11.2. The molecule has 2 aromatic rings. The predicted octanol–water partition coefficient (Wildman–Crippen LogP) is 1.90. The number of benzene rings is 1. The van der Waals surface area contributed by atoms with Crippen molar-refractivity contribution in [3.8, 4) is 0 Å². The second-order valence-electron chi connectivity index (χ2n) is 2.71. The number of rotatable bonds is 0. The first-order valence-corrected chi connectivity index (χ1v) is 3.67. The molecule has 0 bridgehead atoms. The molecule has 2 nitrogen and oxygen atoms in total. The Hall–Kier alpha value is -1.57. The lowest BCUT2D eigenvalue weighted by Gasteiger charge is -1.95. The molecule has 0 N–H and O–H groups in total. The van der Waals surface area contributed by atoms with Gasteiger partial charge in [-0.25, -0.2) is 0 Å². The van der Waals surface area contributed by atoms with Crippen molar-refractivity contribution in [1.82, 2.24) is 0 Å². The second kappa shape index (κ2) is 2.48. The summed E-state index contributed by atoms with van der Waals surface area (Å²) in [4.78, 5) is 11.2. The third-order valence-corrected chi connectivity index (χ3v) is 1.76. The topological polar surface area (TPSA) is 30.2 Å². The van der Waals surface area contributed by atoms with Crippen LogP contribution < -0.4 is 5.43 Å². The molecule has 0 aliphatic heterocycles. The van der Waals surface area contributed by atoms with Crippen LogP contribution in [0.5, 0.6) is 0 Å². The first kappa shape index (κ1) is 7.10. The minimum absolute atomic E-state index is 0.111. The molecule has 0 atom stereocenters. The van der Waals surface area contributed by atoms with Crippen molar-refractivity contribution in [2.24, 2.45) is 0 Å². The zero-order valence-electron chi connectivity index (χ0n) is 6.63. The van der Waals surface area contributed by atoms with Gasteiger partial charge in [-0.2, -0.15) is 0 Å². The van der Waals surface area contributed by atoms with Crippen molar-refractivity contribution in [2.75, 3.05) is 0 Å². The van der Waals surface area contributed by atoms with Crippen molar-refractivity contribution in [1.29, 1.82) is 0 Å². The lowest BCUT2D eigenvalue weighted by atomic mass is 10.1. The fourth-order valence-corrected chi connectivity index (χ4v) is 1.15. The summed E-state index contributed by atoms with van der Waals surface area (Å²) in [5.74, 6) is 0. The van der Waals surface area contributed by atoms with Gasteiger partial charge in [-0.3, -0.25) is 4.79 Å². The van der Waals surface area contributed by atoms with E-state index < -0.39 is 0 Å². The largest absolute Gasteiger partial charge is 0.463 e. The van der Waals surface area contributed by atoms with Crippen molar-refractivity contribution >= 4 is 11.0 Å². The van der Waals surface area contributed by atoms with Crippen LogP contribution in [-0.2, 0) is 0 Å². The fourth-order valence-electron chi connectivity index (χ4n) is 1.15. The van der Waals surface area contributed by atoms with Gasteiger partial charge in [0.15, 0.2) is 0 Å². The molecule has 1 heterocycles. The summed E-state index contributed by atoms with van der Waals surface area (Å²) >= 11 is 0. The van der Waals surface area contributed by atoms with E-state index in [0.29, 0.717) is 11.0 Å². The zero-order valence-corrected chi connectivity index (χ0v) is 6.63. The van der Waals surface area contributed by atoms with Gasteiger partial charge in [0, 0.05) is 0 Å². The van der Waals surface area contributed by atoms with Gasteiger partial charge in [-0.15, -0.1) is 0 Å². The third-order valence-electron chi connectivity index (χ3n) is 1.76. The van der Waals surface area contributed by atoms with Crippen LogP contribution in [0.2, 0.25) is 0 Å². The molecule has 0 unspecified atom stereocenters. The van der Waals surface area contributed by atoms with Gasteiger partial charge < -0.3 is 4.42 Å². The molecule has 2 heteroatoms. The van der Waals surface area contributed by atoms with Crippen molar-refractivity contribution in [3.05, 3.63) is 46.3 Å². The fraction of sp³-hybridized carbons (Fsp3) is 0.100. The Morgan fingerprint density at radius 2 is 2.25 bits per heavy atom. The van der Waals surface area contributed by atoms with Crippen LogP contribution in [0.3, 0.4) is 0 Å². The van der Waals surface area contributed by atoms with Crippen molar-refractivity contribution < 1.29 is 4.42 Å². The summed E-state index contributed by atoms with van der Waals surface area (Å²) in [6, 6.07) is 7.98. The first-order valence-electron chi connectivity index (χ1n) is 3.67. The summed E-state index contributed by atoms with van der Waals surface area (Å²) in [6.45, 7) is 1.94. The highest BCUT2D eigenvalue weighted by molar-refractivity contribution is 5.76. The van der Waals surface area contributed by atoms with E-state index in [2.05, 4.69) is 6.07 Å². The van der Waals surface area contributed by atoms with E-state index in [1.165, 1.54) is 6.26 Å². The van der Waals surface area contributed by atoms with E-state index in [9.17, 15) is 4.79 Å². The Labute approximate surface area is 69.4 Å². The number of aryl methyl sites for hydroxylation is 1. The lowest BCUT2D eigenvalue weighted by molar-refractivity contribution is 0.601. The molecule has 0 saturated carbocycles. The molecular formula is C10H7O2. The first-order chi connectivity index (χ1) is 5.77. The van der Waals surface area contributed by atoms with E-state index in [4.69, 9.17) is 4.42 Å². The van der Waals surface area contributed by atoms with Crippen molar-refractivity contribution in [3.63, 3.8) is 0 Å². The highest BCUT2D eigenvalue weighted by Gasteiger charge is 1.98. The van der Waals surface area contributed by atoms with Gasteiger partial charge in [0.25, 0.3) is 0 Å². The zero-order chi connectivity index (χ0) is 8.55.